The second-order valence-corrected chi connectivity index (χ2v) is 7.13. The lowest BCUT2D eigenvalue weighted by molar-refractivity contribution is 0.289. The van der Waals surface area contributed by atoms with Crippen LogP contribution >= 0.6 is 0 Å². The van der Waals surface area contributed by atoms with Gasteiger partial charge in [-0.3, -0.25) is 4.55 Å². The first-order valence-corrected chi connectivity index (χ1v) is 9.27. The molecule has 26 heavy (non-hydrogen) atoms. The fourth-order valence-corrected chi connectivity index (χ4v) is 3.28. The van der Waals surface area contributed by atoms with Crippen LogP contribution in [0.2, 0.25) is 0 Å². The molecule has 0 heterocycles. The van der Waals surface area contributed by atoms with Crippen molar-refractivity contribution in [1.29, 1.82) is 5.26 Å². The highest BCUT2D eigenvalue weighted by atomic mass is 32.2. The van der Waals surface area contributed by atoms with Crippen molar-refractivity contribution in [3.05, 3.63) is 47.0 Å². The molecule has 3 N–H and O–H groups in total. The van der Waals surface area contributed by atoms with Crippen molar-refractivity contribution in [3.8, 4) is 17.6 Å². The average molecular weight is 376 g/mol. The molecule has 0 spiro atoms. The Kier molecular flexibility index (Phi) is 6.08. The smallest absolute Gasteiger partial charge is 0.294 e. The number of hydrogen-bond acceptors (Lipinski definition) is 6. The predicted molar refractivity (Wildman–Crippen MR) is 96.9 cm³/mol. The summed E-state index contributed by atoms with van der Waals surface area (Å²) in [5.74, 6) is 0.799. The molecule has 0 aliphatic carbocycles. The predicted octanol–water partition coefficient (Wildman–Crippen LogP) is 2.72. The third-order valence-electron chi connectivity index (χ3n) is 3.80. The van der Waals surface area contributed by atoms with E-state index in [-0.39, 0.29) is 17.1 Å². The molecule has 0 aliphatic heterocycles. The molecule has 0 amide bonds. The molecule has 138 valence electrons. The highest BCUT2D eigenvalue weighted by Crippen LogP contribution is 2.32. The van der Waals surface area contributed by atoms with E-state index in [1.165, 1.54) is 25.3 Å². The van der Waals surface area contributed by atoms with Gasteiger partial charge in [0.05, 0.1) is 29.9 Å². The van der Waals surface area contributed by atoms with Gasteiger partial charge in [0.15, 0.2) is 11.5 Å². The van der Waals surface area contributed by atoms with Gasteiger partial charge in [0.25, 0.3) is 10.1 Å². The minimum absolute atomic E-state index is 0.0973. The summed E-state index contributed by atoms with van der Waals surface area (Å²) in [4.78, 5) is -0.0973. The number of hydrogen-bond donors (Lipinski definition) is 2. The SMILES string of the molecule is COc1cc(N)c(C#N)cc1OCCCc1cc(C)ccc1S(=O)(=O)O. The number of nitrogens with two attached hydrogens (primary N) is 1. The van der Waals surface area contributed by atoms with E-state index in [4.69, 9.17) is 20.5 Å². The number of benzene rings is 2. The molecule has 0 atom stereocenters. The van der Waals surface area contributed by atoms with Crippen LogP contribution in [-0.2, 0) is 16.5 Å². The molecule has 0 aromatic heterocycles. The van der Waals surface area contributed by atoms with Gasteiger partial charge < -0.3 is 15.2 Å². The van der Waals surface area contributed by atoms with Gasteiger partial charge in [0.2, 0.25) is 0 Å². The van der Waals surface area contributed by atoms with Crippen molar-refractivity contribution >= 4 is 15.8 Å². The van der Waals surface area contributed by atoms with Crippen LogP contribution in [0.4, 0.5) is 5.69 Å². The summed E-state index contributed by atoms with van der Waals surface area (Å²) in [5, 5.41) is 9.05. The van der Waals surface area contributed by atoms with Crippen LogP contribution in [0.25, 0.3) is 0 Å². The minimum atomic E-state index is -4.27. The standard InChI is InChI=1S/C18H20N2O5S/c1-12-5-6-18(26(21,22)23)13(8-12)4-3-7-25-17-9-14(11-19)15(20)10-16(17)24-2/h5-6,8-10H,3-4,7,20H2,1-2H3,(H,21,22,23). The number of ether oxygens (including phenoxy) is 2. The highest BCUT2D eigenvalue weighted by molar-refractivity contribution is 7.85. The molecule has 0 radical (unpaired) electrons. The van der Waals surface area contributed by atoms with Crippen LogP contribution in [0.1, 0.15) is 23.1 Å². The number of methoxy groups -OCH3 is 1. The Labute approximate surface area is 152 Å². The van der Waals surface area contributed by atoms with Crippen molar-refractivity contribution in [2.45, 2.75) is 24.7 Å². The Balaban J connectivity index is 2.09. The number of nitriles is 1. The maximum absolute atomic E-state index is 11.5. The first-order valence-electron chi connectivity index (χ1n) is 7.83. The van der Waals surface area contributed by atoms with Crippen LogP contribution in [0, 0.1) is 18.3 Å². The van der Waals surface area contributed by atoms with Crippen LogP contribution in [0.15, 0.2) is 35.2 Å². The summed E-state index contributed by atoms with van der Waals surface area (Å²) in [5.41, 5.74) is 7.75. The zero-order valence-corrected chi connectivity index (χ0v) is 15.3. The van der Waals surface area contributed by atoms with Gasteiger partial charge in [-0.05, 0) is 31.4 Å². The molecular formula is C18H20N2O5S. The van der Waals surface area contributed by atoms with Crippen molar-refractivity contribution in [2.75, 3.05) is 19.5 Å². The van der Waals surface area contributed by atoms with E-state index in [2.05, 4.69) is 0 Å². The topological polar surface area (TPSA) is 123 Å². The Morgan fingerprint density at radius 3 is 2.58 bits per heavy atom. The van der Waals surface area contributed by atoms with Gasteiger partial charge in [-0.25, -0.2) is 0 Å². The van der Waals surface area contributed by atoms with E-state index in [1.54, 1.807) is 12.1 Å². The number of nitrogens with zero attached hydrogens (tertiary/aromatic N) is 1. The average Bonchev–Trinajstić information content (AvgIpc) is 2.58. The van der Waals surface area contributed by atoms with E-state index in [0.29, 0.717) is 35.6 Å². The quantitative estimate of drug-likeness (QED) is 0.433. The van der Waals surface area contributed by atoms with E-state index in [0.717, 1.165) is 5.56 Å². The number of rotatable bonds is 7. The number of aryl methyl sites for hydroxylation is 2. The van der Waals surface area contributed by atoms with Gasteiger partial charge in [-0.15, -0.1) is 0 Å². The molecule has 2 rings (SSSR count). The van der Waals surface area contributed by atoms with Crippen LogP contribution in [-0.4, -0.2) is 26.7 Å². The van der Waals surface area contributed by atoms with Gasteiger partial charge in [0, 0.05) is 12.1 Å². The van der Waals surface area contributed by atoms with E-state index >= 15 is 0 Å². The second kappa shape index (κ2) is 8.08. The monoisotopic (exact) mass is 376 g/mol. The maximum Gasteiger partial charge on any atom is 0.294 e. The maximum atomic E-state index is 11.5. The first-order chi connectivity index (χ1) is 12.3. The second-order valence-electron chi connectivity index (χ2n) is 5.74. The first kappa shape index (κ1) is 19.6. The molecule has 0 saturated carbocycles. The molecule has 8 heteroatoms. The zero-order chi connectivity index (χ0) is 19.3. The number of anilines is 1. The summed E-state index contributed by atoms with van der Waals surface area (Å²) in [6.07, 6.45) is 0.903. The molecular weight excluding hydrogens is 356 g/mol. The molecule has 0 fully saturated rings. The highest BCUT2D eigenvalue weighted by Gasteiger charge is 2.15. The Hall–Kier alpha value is -2.76. The Bertz CT molecular complexity index is 949. The molecule has 0 unspecified atom stereocenters. The van der Waals surface area contributed by atoms with Crippen LogP contribution in [0.5, 0.6) is 11.5 Å². The Morgan fingerprint density at radius 1 is 1.23 bits per heavy atom. The summed E-state index contributed by atoms with van der Waals surface area (Å²) in [7, 11) is -2.80. The molecule has 2 aromatic rings. The van der Waals surface area contributed by atoms with Crippen LogP contribution in [0.3, 0.4) is 0 Å². The third kappa shape index (κ3) is 4.65. The lowest BCUT2D eigenvalue weighted by Crippen LogP contribution is -2.06. The molecule has 0 bridgehead atoms. The third-order valence-corrected chi connectivity index (χ3v) is 4.75. The molecule has 2 aromatic carbocycles. The van der Waals surface area contributed by atoms with Crippen molar-refractivity contribution in [3.63, 3.8) is 0 Å². The van der Waals surface area contributed by atoms with E-state index in [1.807, 2.05) is 13.0 Å². The van der Waals surface area contributed by atoms with Gasteiger partial charge in [0.1, 0.15) is 6.07 Å². The summed E-state index contributed by atoms with van der Waals surface area (Å²) in [6.45, 7) is 2.11. The lowest BCUT2D eigenvalue weighted by atomic mass is 10.1. The summed E-state index contributed by atoms with van der Waals surface area (Å²) in [6, 6.07) is 9.75. The summed E-state index contributed by atoms with van der Waals surface area (Å²) >= 11 is 0. The van der Waals surface area contributed by atoms with Crippen molar-refractivity contribution < 1.29 is 22.4 Å². The lowest BCUT2D eigenvalue weighted by Gasteiger charge is -2.13. The van der Waals surface area contributed by atoms with Crippen LogP contribution < -0.4 is 15.2 Å². The largest absolute Gasteiger partial charge is 0.493 e. The van der Waals surface area contributed by atoms with Gasteiger partial charge >= 0.3 is 0 Å². The summed E-state index contributed by atoms with van der Waals surface area (Å²) < 4.78 is 43.1. The molecule has 0 aliphatic rings. The Morgan fingerprint density at radius 2 is 1.96 bits per heavy atom. The zero-order valence-electron chi connectivity index (χ0n) is 14.5. The van der Waals surface area contributed by atoms with Crippen molar-refractivity contribution in [1.82, 2.24) is 0 Å². The van der Waals surface area contributed by atoms with Crippen molar-refractivity contribution in [2.24, 2.45) is 0 Å². The molecule has 7 nitrogen and oxygen atoms in total. The fourth-order valence-electron chi connectivity index (χ4n) is 2.54. The normalized spacial score (nSPS) is 11.0. The van der Waals surface area contributed by atoms with Gasteiger partial charge in [-0.1, -0.05) is 17.7 Å². The minimum Gasteiger partial charge on any atom is -0.493 e. The van der Waals surface area contributed by atoms with E-state index < -0.39 is 10.1 Å². The van der Waals surface area contributed by atoms with E-state index in [9.17, 15) is 13.0 Å². The number of nitrogen functional groups attached to an aromatic ring is 1. The fraction of sp³-hybridized carbons (Fsp3) is 0.278. The molecule has 0 saturated heterocycles. The van der Waals surface area contributed by atoms with Gasteiger partial charge in [-0.2, -0.15) is 13.7 Å².